The summed E-state index contributed by atoms with van der Waals surface area (Å²) >= 11 is 0. The Morgan fingerprint density at radius 3 is 2.46 bits per heavy atom. The first-order valence-corrected chi connectivity index (χ1v) is 8.64. The summed E-state index contributed by atoms with van der Waals surface area (Å²) in [6, 6.07) is 7.75. The van der Waals surface area contributed by atoms with Crippen LogP contribution in [0.15, 0.2) is 42.6 Å². The van der Waals surface area contributed by atoms with Crippen molar-refractivity contribution in [2.24, 2.45) is 5.92 Å². The molecule has 1 fully saturated rings. The standard InChI is InChI=1S/C19H18F3N3O3/c1-11(28-15-5-3-2-4-14(15)19(20,21)22)17(26)24-13-8-9-16(23-10-13)25-18(27)12-6-7-12/h2-5,8-12H,6-7H2,1H3,(H,24,26)(H,23,25,27). The number of benzene rings is 1. The Morgan fingerprint density at radius 2 is 1.86 bits per heavy atom. The third-order valence-corrected chi connectivity index (χ3v) is 4.10. The average molecular weight is 393 g/mol. The number of hydrogen-bond donors (Lipinski definition) is 2. The van der Waals surface area contributed by atoms with Gasteiger partial charge < -0.3 is 15.4 Å². The molecular weight excluding hydrogens is 375 g/mol. The van der Waals surface area contributed by atoms with Gasteiger partial charge in [-0.3, -0.25) is 9.59 Å². The van der Waals surface area contributed by atoms with Crippen molar-refractivity contribution in [3.8, 4) is 5.75 Å². The molecule has 2 aromatic rings. The van der Waals surface area contributed by atoms with Crippen molar-refractivity contribution in [2.75, 3.05) is 10.6 Å². The first-order valence-electron chi connectivity index (χ1n) is 8.64. The van der Waals surface area contributed by atoms with Crippen LogP contribution in [0.3, 0.4) is 0 Å². The van der Waals surface area contributed by atoms with E-state index in [4.69, 9.17) is 4.74 Å². The first kappa shape index (κ1) is 19.7. The number of halogens is 3. The van der Waals surface area contributed by atoms with E-state index in [-0.39, 0.29) is 11.8 Å². The molecule has 148 valence electrons. The number of ether oxygens (including phenoxy) is 1. The number of alkyl halides is 3. The predicted octanol–water partition coefficient (Wildman–Crippen LogP) is 3.85. The molecule has 1 aromatic carbocycles. The minimum absolute atomic E-state index is 0.0405. The smallest absolute Gasteiger partial charge is 0.419 e. The lowest BCUT2D eigenvalue weighted by Crippen LogP contribution is -2.30. The molecule has 0 radical (unpaired) electrons. The highest BCUT2D eigenvalue weighted by atomic mass is 19.4. The van der Waals surface area contributed by atoms with Gasteiger partial charge in [0.2, 0.25) is 5.91 Å². The second kappa shape index (κ2) is 7.87. The maximum Gasteiger partial charge on any atom is 0.419 e. The van der Waals surface area contributed by atoms with Gasteiger partial charge in [-0.25, -0.2) is 4.98 Å². The van der Waals surface area contributed by atoms with Crippen LogP contribution in [0, 0.1) is 5.92 Å². The normalized spacial score (nSPS) is 14.9. The van der Waals surface area contributed by atoms with Gasteiger partial charge in [0.1, 0.15) is 11.6 Å². The van der Waals surface area contributed by atoms with E-state index in [1.54, 1.807) is 0 Å². The Bertz CT molecular complexity index is 865. The predicted molar refractivity (Wildman–Crippen MR) is 95.8 cm³/mol. The van der Waals surface area contributed by atoms with Gasteiger partial charge in [-0.05, 0) is 44.0 Å². The van der Waals surface area contributed by atoms with Crippen molar-refractivity contribution >= 4 is 23.3 Å². The molecule has 0 saturated heterocycles. The fraction of sp³-hybridized carbons (Fsp3) is 0.316. The summed E-state index contributed by atoms with van der Waals surface area (Å²) in [4.78, 5) is 27.9. The minimum atomic E-state index is -4.59. The van der Waals surface area contributed by atoms with Crippen molar-refractivity contribution in [3.05, 3.63) is 48.2 Å². The summed E-state index contributed by atoms with van der Waals surface area (Å²) in [6.45, 7) is 1.35. The Morgan fingerprint density at radius 1 is 1.14 bits per heavy atom. The molecule has 6 nitrogen and oxygen atoms in total. The highest BCUT2D eigenvalue weighted by Gasteiger charge is 2.35. The molecule has 0 spiro atoms. The molecule has 0 bridgehead atoms. The van der Waals surface area contributed by atoms with E-state index in [9.17, 15) is 22.8 Å². The lowest BCUT2D eigenvalue weighted by molar-refractivity contribution is -0.140. The fourth-order valence-corrected chi connectivity index (χ4v) is 2.41. The topological polar surface area (TPSA) is 80.3 Å². The van der Waals surface area contributed by atoms with Gasteiger partial charge in [0.25, 0.3) is 5.91 Å². The number of nitrogens with one attached hydrogen (secondary N) is 2. The summed E-state index contributed by atoms with van der Waals surface area (Å²) in [5.74, 6) is -0.742. The fourth-order valence-electron chi connectivity index (χ4n) is 2.41. The summed E-state index contributed by atoms with van der Waals surface area (Å²) in [5, 5.41) is 5.18. The summed E-state index contributed by atoms with van der Waals surface area (Å²) in [7, 11) is 0. The number of hydrogen-bond acceptors (Lipinski definition) is 4. The van der Waals surface area contributed by atoms with Crippen molar-refractivity contribution in [1.29, 1.82) is 0 Å². The number of carbonyl (C=O) groups is 2. The minimum Gasteiger partial charge on any atom is -0.480 e. The summed E-state index contributed by atoms with van der Waals surface area (Å²) < 4.78 is 44.2. The van der Waals surface area contributed by atoms with Gasteiger partial charge in [-0.1, -0.05) is 12.1 Å². The lowest BCUT2D eigenvalue weighted by Gasteiger charge is -2.18. The van der Waals surface area contributed by atoms with Crippen molar-refractivity contribution < 1.29 is 27.5 Å². The molecule has 1 heterocycles. The van der Waals surface area contributed by atoms with E-state index < -0.39 is 29.5 Å². The van der Waals surface area contributed by atoms with E-state index in [0.29, 0.717) is 11.5 Å². The zero-order valence-corrected chi connectivity index (χ0v) is 14.9. The molecule has 3 rings (SSSR count). The molecule has 1 atom stereocenters. The maximum atomic E-state index is 13.0. The Hall–Kier alpha value is -3.10. The SMILES string of the molecule is CC(Oc1ccccc1C(F)(F)F)C(=O)Nc1ccc(NC(=O)C2CC2)nc1. The van der Waals surface area contributed by atoms with E-state index >= 15 is 0 Å². The van der Waals surface area contributed by atoms with Gasteiger partial charge in [0, 0.05) is 5.92 Å². The molecule has 2 amide bonds. The number of anilines is 2. The molecule has 1 aliphatic carbocycles. The number of para-hydroxylation sites is 1. The average Bonchev–Trinajstić information content (AvgIpc) is 3.48. The van der Waals surface area contributed by atoms with Crippen LogP contribution in [0.5, 0.6) is 5.75 Å². The van der Waals surface area contributed by atoms with E-state index in [1.807, 2.05) is 0 Å². The Balaban J connectivity index is 1.59. The largest absolute Gasteiger partial charge is 0.480 e. The number of pyridine rings is 1. The van der Waals surface area contributed by atoms with Gasteiger partial charge in [-0.15, -0.1) is 0 Å². The second-order valence-corrected chi connectivity index (χ2v) is 6.44. The van der Waals surface area contributed by atoms with E-state index in [2.05, 4.69) is 15.6 Å². The quantitative estimate of drug-likeness (QED) is 0.781. The van der Waals surface area contributed by atoms with Gasteiger partial charge >= 0.3 is 6.18 Å². The molecule has 28 heavy (non-hydrogen) atoms. The van der Waals surface area contributed by atoms with Crippen LogP contribution in [-0.4, -0.2) is 22.9 Å². The van der Waals surface area contributed by atoms with Crippen molar-refractivity contribution in [3.63, 3.8) is 0 Å². The molecule has 0 aliphatic heterocycles. The zero-order chi connectivity index (χ0) is 20.3. The van der Waals surface area contributed by atoms with Crippen LogP contribution in [0.2, 0.25) is 0 Å². The van der Waals surface area contributed by atoms with Gasteiger partial charge in [-0.2, -0.15) is 13.2 Å². The number of rotatable bonds is 6. The highest BCUT2D eigenvalue weighted by Crippen LogP contribution is 2.36. The number of aromatic nitrogens is 1. The van der Waals surface area contributed by atoms with Crippen LogP contribution < -0.4 is 15.4 Å². The summed E-state index contributed by atoms with van der Waals surface area (Å²) in [5.41, 5.74) is -0.624. The molecule has 9 heteroatoms. The molecule has 2 N–H and O–H groups in total. The van der Waals surface area contributed by atoms with Crippen molar-refractivity contribution in [2.45, 2.75) is 32.0 Å². The van der Waals surface area contributed by atoms with Crippen LogP contribution >= 0.6 is 0 Å². The molecule has 1 saturated carbocycles. The Labute approximate surface area is 159 Å². The van der Waals surface area contributed by atoms with E-state index in [0.717, 1.165) is 25.0 Å². The van der Waals surface area contributed by atoms with E-state index in [1.165, 1.54) is 37.4 Å². The first-order chi connectivity index (χ1) is 13.2. The van der Waals surface area contributed by atoms with Crippen LogP contribution in [0.25, 0.3) is 0 Å². The molecular formula is C19H18F3N3O3. The molecule has 1 aliphatic rings. The zero-order valence-electron chi connectivity index (χ0n) is 14.9. The molecule has 1 unspecified atom stereocenters. The monoisotopic (exact) mass is 393 g/mol. The van der Waals surface area contributed by atoms with Gasteiger partial charge in [0.05, 0.1) is 17.4 Å². The molecule has 1 aromatic heterocycles. The third kappa shape index (κ3) is 4.99. The third-order valence-electron chi connectivity index (χ3n) is 4.10. The van der Waals surface area contributed by atoms with Crippen LogP contribution in [-0.2, 0) is 15.8 Å². The number of nitrogens with zero attached hydrogens (tertiary/aromatic N) is 1. The number of carbonyl (C=O) groups excluding carboxylic acids is 2. The lowest BCUT2D eigenvalue weighted by atomic mass is 10.2. The maximum absolute atomic E-state index is 13.0. The summed E-state index contributed by atoms with van der Waals surface area (Å²) in [6.07, 6.45) is -2.67. The van der Waals surface area contributed by atoms with Crippen LogP contribution in [0.1, 0.15) is 25.3 Å². The Kier molecular flexibility index (Phi) is 5.53. The number of amides is 2. The highest BCUT2D eigenvalue weighted by molar-refractivity contribution is 5.95. The van der Waals surface area contributed by atoms with Crippen LogP contribution in [0.4, 0.5) is 24.7 Å². The van der Waals surface area contributed by atoms with Crippen molar-refractivity contribution in [1.82, 2.24) is 4.98 Å². The van der Waals surface area contributed by atoms with Gasteiger partial charge in [0.15, 0.2) is 6.10 Å². The second-order valence-electron chi connectivity index (χ2n) is 6.44.